The first-order chi connectivity index (χ1) is 26.0. The maximum absolute atomic E-state index is 5.11. The van der Waals surface area contributed by atoms with Crippen molar-refractivity contribution in [1.82, 2.24) is 9.55 Å². The number of anilines is 3. The van der Waals surface area contributed by atoms with Crippen molar-refractivity contribution in [3.63, 3.8) is 0 Å². The van der Waals surface area contributed by atoms with E-state index in [9.17, 15) is 0 Å². The molecule has 53 heavy (non-hydrogen) atoms. The normalized spacial score (nSPS) is 13.8. The van der Waals surface area contributed by atoms with E-state index in [1.54, 1.807) is 0 Å². The minimum absolute atomic E-state index is 0.0711. The molecule has 11 rings (SSSR count). The van der Waals surface area contributed by atoms with Gasteiger partial charge in [0.05, 0.1) is 28.1 Å². The molecule has 0 radical (unpaired) electrons. The van der Waals surface area contributed by atoms with Crippen LogP contribution in [0.1, 0.15) is 37.7 Å². The zero-order valence-electron chi connectivity index (χ0n) is 30.1. The Morgan fingerprint density at radius 3 is 1.81 bits per heavy atom. The number of aryl methyl sites for hydroxylation is 1. The fourth-order valence-electron chi connectivity index (χ4n) is 9.48. The lowest BCUT2D eigenvalue weighted by atomic mass is 9.80. The van der Waals surface area contributed by atoms with E-state index in [0.717, 1.165) is 46.0 Å². The summed E-state index contributed by atoms with van der Waals surface area (Å²) in [6, 6.07) is 58.4. The molecule has 1 aromatic heterocycles. The van der Waals surface area contributed by atoms with Gasteiger partial charge in [0, 0.05) is 17.5 Å². The number of aromatic nitrogens is 2. The Labute approximate surface area is 309 Å². The summed E-state index contributed by atoms with van der Waals surface area (Å²) in [4.78, 5) is 7.53. The van der Waals surface area contributed by atoms with Gasteiger partial charge >= 0.3 is 0 Å². The molecule has 0 N–H and O–H groups in total. The third-order valence-corrected chi connectivity index (χ3v) is 11.8. The van der Waals surface area contributed by atoms with Crippen LogP contribution in [0, 0.1) is 0 Å². The van der Waals surface area contributed by atoms with E-state index in [2.05, 4.69) is 188 Å². The second-order valence-corrected chi connectivity index (χ2v) is 15.0. The van der Waals surface area contributed by atoms with Gasteiger partial charge in [0.15, 0.2) is 0 Å². The predicted octanol–water partition coefficient (Wildman–Crippen LogP) is 13.3. The Morgan fingerprint density at radius 2 is 1.11 bits per heavy atom. The van der Waals surface area contributed by atoms with Gasteiger partial charge in [-0.05, 0) is 109 Å². The van der Waals surface area contributed by atoms with Gasteiger partial charge in [0.2, 0.25) is 0 Å². The first kappa shape index (κ1) is 30.2. The third-order valence-electron chi connectivity index (χ3n) is 11.8. The fourth-order valence-corrected chi connectivity index (χ4v) is 9.48. The number of fused-ring (bicyclic) bond motifs is 7. The van der Waals surface area contributed by atoms with Crippen molar-refractivity contribution in [3.05, 3.63) is 175 Å². The molecule has 3 heteroatoms. The van der Waals surface area contributed by atoms with Crippen LogP contribution in [0.15, 0.2) is 158 Å². The highest BCUT2D eigenvalue weighted by Gasteiger charge is 2.36. The van der Waals surface area contributed by atoms with Crippen molar-refractivity contribution < 1.29 is 0 Å². The second kappa shape index (κ2) is 11.0. The molecule has 252 valence electrons. The highest BCUT2D eigenvalue weighted by atomic mass is 15.2. The van der Waals surface area contributed by atoms with E-state index in [-0.39, 0.29) is 5.41 Å². The number of hydrogen-bond acceptors (Lipinski definition) is 2. The minimum Gasteiger partial charge on any atom is -0.306 e. The maximum atomic E-state index is 5.11. The summed E-state index contributed by atoms with van der Waals surface area (Å²) in [5, 5.41) is 5.04. The zero-order chi connectivity index (χ0) is 35.4. The Hall–Kier alpha value is -6.45. The van der Waals surface area contributed by atoms with Crippen LogP contribution in [0.25, 0.3) is 71.6 Å². The SMILES string of the molecule is CCc1nc2cccc3c2n1-c1ccc(-c2c4ccccc4c(-c4ccc5c(c4)C(C)(C)c4ccccc4-5)c4ccccc24)cc1N3c1ccccc1. The summed E-state index contributed by atoms with van der Waals surface area (Å²) in [7, 11) is 0. The number of hydrogen-bond donors (Lipinski definition) is 0. The van der Waals surface area contributed by atoms with Gasteiger partial charge in [0.25, 0.3) is 0 Å². The molecule has 0 bridgehead atoms. The predicted molar refractivity (Wildman–Crippen MR) is 222 cm³/mol. The third kappa shape index (κ3) is 4.13. The monoisotopic (exact) mass is 679 g/mol. The van der Waals surface area contributed by atoms with Crippen LogP contribution in [-0.4, -0.2) is 9.55 Å². The van der Waals surface area contributed by atoms with E-state index >= 15 is 0 Å². The molecule has 8 aromatic carbocycles. The second-order valence-electron chi connectivity index (χ2n) is 15.0. The van der Waals surface area contributed by atoms with Gasteiger partial charge in [-0.25, -0.2) is 4.98 Å². The molecule has 2 heterocycles. The van der Waals surface area contributed by atoms with Gasteiger partial charge in [0.1, 0.15) is 5.82 Å². The zero-order valence-corrected chi connectivity index (χ0v) is 30.1. The lowest BCUT2D eigenvalue weighted by Crippen LogP contribution is -2.19. The summed E-state index contributed by atoms with van der Waals surface area (Å²) < 4.78 is 2.39. The summed E-state index contributed by atoms with van der Waals surface area (Å²) in [5.74, 6) is 1.08. The van der Waals surface area contributed by atoms with Crippen molar-refractivity contribution in [2.45, 2.75) is 32.6 Å². The highest BCUT2D eigenvalue weighted by Crippen LogP contribution is 2.53. The molecule has 1 aliphatic carbocycles. The smallest absolute Gasteiger partial charge is 0.114 e. The van der Waals surface area contributed by atoms with Crippen molar-refractivity contribution in [3.8, 4) is 39.1 Å². The molecule has 9 aromatic rings. The lowest BCUT2D eigenvalue weighted by Gasteiger charge is -2.33. The van der Waals surface area contributed by atoms with E-state index in [4.69, 9.17) is 4.98 Å². The number of imidazole rings is 1. The molecule has 0 spiro atoms. The van der Waals surface area contributed by atoms with Crippen LogP contribution in [-0.2, 0) is 11.8 Å². The number of benzene rings is 8. The van der Waals surface area contributed by atoms with Crippen molar-refractivity contribution >= 4 is 49.6 Å². The van der Waals surface area contributed by atoms with Gasteiger partial charge in [-0.15, -0.1) is 0 Å². The van der Waals surface area contributed by atoms with Crippen molar-refractivity contribution in [2.24, 2.45) is 0 Å². The Balaban J connectivity index is 1.18. The van der Waals surface area contributed by atoms with Gasteiger partial charge < -0.3 is 4.90 Å². The van der Waals surface area contributed by atoms with E-state index in [0.29, 0.717) is 0 Å². The molecular weight excluding hydrogens is 643 g/mol. The summed E-state index contributed by atoms with van der Waals surface area (Å²) in [6.45, 7) is 6.93. The molecule has 0 atom stereocenters. The summed E-state index contributed by atoms with van der Waals surface area (Å²) in [5.41, 5.74) is 17.2. The first-order valence-electron chi connectivity index (χ1n) is 18.7. The van der Waals surface area contributed by atoms with E-state index in [1.165, 1.54) is 66.1 Å². The van der Waals surface area contributed by atoms with Crippen molar-refractivity contribution in [1.29, 1.82) is 0 Å². The van der Waals surface area contributed by atoms with Gasteiger partial charge in [-0.3, -0.25) is 4.57 Å². The van der Waals surface area contributed by atoms with Crippen LogP contribution in [0.5, 0.6) is 0 Å². The minimum atomic E-state index is -0.0711. The van der Waals surface area contributed by atoms with Gasteiger partial charge in [-0.1, -0.05) is 136 Å². The average molecular weight is 680 g/mol. The van der Waals surface area contributed by atoms with Crippen molar-refractivity contribution in [2.75, 3.05) is 4.90 Å². The molecule has 1 aliphatic heterocycles. The van der Waals surface area contributed by atoms with Crippen LogP contribution < -0.4 is 4.90 Å². The van der Waals surface area contributed by atoms with E-state index in [1.807, 2.05) is 0 Å². The topological polar surface area (TPSA) is 21.1 Å². The van der Waals surface area contributed by atoms with Crippen LogP contribution >= 0.6 is 0 Å². The maximum Gasteiger partial charge on any atom is 0.114 e. The largest absolute Gasteiger partial charge is 0.306 e. The Kier molecular flexibility index (Phi) is 6.28. The standard InChI is InChI=1S/C50H37N3/c1-4-46-51-42-23-14-24-44-49(42)53(46)43-28-26-32(30-45(43)52(44)33-15-6-5-7-16-33)48-38-20-10-8-18-36(38)47(37-19-9-11-21-39(37)48)31-25-27-35-34-17-12-13-22-40(34)50(2,3)41(35)29-31/h5-30H,4H2,1-3H3. The average Bonchev–Trinajstić information content (AvgIpc) is 3.70. The molecule has 0 saturated carbocycles. The molecule has 2 aliphatic rings. The Bertz CT molecular complexity index is 2910. The van der Waals surface area contributed by atoms with E-state index < -0.39 is 0 Å². The van der Waals surface area contributed by atoms with Crippen LogP contribution in [0.2, 0.25) is 0 Å². The first-order valence-corrected chi connectivity index (χ1v) is 18.7. The summed E-state index contributed by atoms with van der Waals surface area (Å²) >= 11 is 0. The highest BCUT2D eigenvalue weighted by molar-refractivity contribution is 6.22. The van der Waals surface area contributed by atoms with Crippen LogP contribution in [0.4, 0.5) is 17.1 Å². The molecule has 0 unspecified atom stereocenters. The number of rotatable bonds is 4. The molecular formula is C50H37N3. The number of para-hydroxylation sites is 2. The molecule has 0 amide bonds. The van der Waals surface area contributed by atoms with Gasteiger partial charge in [-0.2, -0.15) is 0 Å². The molecule has 3 nitrogen and oxygen atoms in total. The molecule has 0 saturated heterocycles. The van der Waals surface area contributed by atoms with Crippen LogP contribution in [0.3, 0.4) is 0 Å². The fraction of sp³-hybridized carbons (Fsp3) is 0.100. The Morgan fingerprint density at radius 1 is 0.509 bits per heavy atom. The quantitative estimate of drug-likeness (QED) is 0.173. The lowest BCUT2D eigenvalue weighted by molar-refractivity contribution is 0.660. The number of nitrogens with zero attached hydrogens (tertiary/aromatic N) is 3. The summed E-state index contributed by atoms with van der Waals surface area (Å²) in [6.07, 6.45) is 0.851. The molecule has 0 fully saturated rings.